The Morgan fingerprint density at radius 1 is 0.947 bits per heavy atom. The number of benzene rings is 1. The van der Waals surface area contributed by atoms with Crippen LogP contribution in [0, 0.1) is 3.57 Å². The zero-order valence-electron chi connectivity index (χ0n) is 9.44. The van der Waals surface area contributed by atoms with E-state index in [1.807, 2.05) is 52.9 Å². The minimum absolute atomic E-state index is 0.358. The Morgan fingerprint density at radius 2 is 1.63 bits per heavy atom. The Kier molecular flexibility index (Phi) is 3.56. The molecule has 0 aliphatic rings. The van der Waals surface area contributed by atoms with E-state index in [4.69, 9.17) is 23.2 Å². The van der Waals surface area contributed by atoms with Crippen molar-refractivity contribution in [1.29, 1.82) is 0 Å². The molecular weight excluding hydrogens is 396 g/mol. The fourth-order valence-corrected chi connectivity index (χ4v) is 2.43. The third-order valence-electron chi connectivity index (χ3n) is 2.66. The molecule has 94 valence electrons. The SMILES string of the molecule is Clc1nc(-c2ccnc3ccccc23)nc(Cl)c1I. The van der Waals surface area contributed by atoms with Crippen LogP contribution in [0.25, 0.3) is 22.3 Å². The van der Waals surface area contributed by atoms with Gasteiger partial charge in [-0.25, -0.2) is 9.97 Å². The van der Waals surface area contributed by atoms with Gasteiger partial charge in [0.05, 0.1) is 9.09 Å². The number of nitrogens with zero attached hydrogens (tertiary/aromatic N) is 3. The van der Waals surface area contributed by atoms with E-state index in [-0.39, 0.29) is 0 Å². The Bertz CT molecular complexity index is 748. The van der Waals surface area contributed by atoms with Crippen LogP contribution in [0.1, 0.15) is 0 Å². The van der Waals surface area contributed by atoms with Crippen LogP contribution < -0.4 is 0 Å². The summed E-state index contributed by atoms with van der Waals surface area (Å²) >= 11 is 14.1. The molecule has 0 aliphatic carbocycles. The number of halogens is 3. The van der Waals surface area contributed by atoms with E-state index >= 15 is 0 Å². The lowest BCUT2D eigenvalue weighted by Crippen LogP contribution is -1.95. The monoisotopic (exact) mass is 401 g/mol. The predicted octanol–water partition coefficient (Wildman–Crippen LogP) is 4.60. The molecule has 0 unspecified atom stereocenters. The van der Waals surface area contributed by atoms with Crippen molar-refractivity contribution < 1.29 is 0 Å². The topological polar surface area (TPSA) is 38.7 Å². The molecule has 2 aromatic heterocycles. The van der Waals surface area contributed by atoms with Crippen LogP contribution >= 0.6 is 45.8 Å². The van der Waals surface area contributed by atoms with E-state index in [0.717, 1.165) is 16.5 Å². The summed E-state index contributed by atoms with van der Waals surface area (Å²) in [6, 6.07) is 9.66. The molecule has 0 saturated heterocycles. The van der Waals surface area contributed by atoms with E-state index in [0.29, 0.717) is 19.7 Å². The van der Waals surface area contributed by atoms with Crippen molar-refractivity contribution in [1.82, 2.24) is 15.0 Å². The summed E-state index contributed by atoms with van der Waals surface area (Å²) in [5.41, 5.74) is 1.75. The van der Waals surface area contributed by atoms with Gasteiger partial charge < -0.3 is 0 Å². The van der Waals surface area contributed by atoms with E-state index in [9.17, 15) is 0 Å². The maximum absolute atomic E-state index is 6.06. The van der Waals surface area contributed by atoms with Gasteiger partial charge in [-0.15, -0.1) is 0 Å². The molecule has 3 nitrogen and oxygen atoms in total. The number of para-hydroxylation sites is 1. The Labute approximate surface area is 133 Å². The Morgan fingerprint density at radius 3 is 2.37 bits per heavy atom. The Balaban J connectivity index is 2.31. The van der Waals surface area contributed by atoms with Crippen LogP contribution in [0.3, 0.4) is 0 Å². The van der Waals surface area contributed by atoms with Crippen LogP contribution in [-0.2, 0) is 0 Å². The van der Waals surface area contributed by atoms with Crippen molar-refractivity contribution in [3.8, 4) is 11.4 Å². The van der Waals surface area contributed by atoms with Gasteiger partial charge in [0.25, 0.3) is 0 Å². The summed E-state index contributed by atoms with van der Waals surface area (Å²) < 4.78 is 0.656. The van der Waals surface area contributed by atoms with Gasteiger partial charge in [0.15, 0.2) is 5.82 Å². The quantitative estimate of drug-likeness (QED) is 0.441. The van der Waals surface area contributed by atoms with Gasteiger partial charge in [-0.2, -0.15) is 0 Å². The van der Waals surface area contributed by atoms with Crippen molar-refractivity contribution in [2.75, 3.05) is 0 Å². The highest BCUT2D eigenvalue weighted by Gasteiger charge is 2.12. The van der Waals surface area contributed by atoms with E-state index in [2.05, 4.69) is 15.0 Å². The van der Waals surface area contributed by atoms with Crippen molar-refractivity contribution in [2.45, 2.75) is 0 Å². The second-order valence-electron chi connectivity index (χ2n) is 3.82. The second kappa shape index (κ2) is 5.19. The number of rotatable bonds is 1. The largest absolute Gasteiger partial charge is 0.256 e. The number of fused-ring (bicyclic) bond motifs is 1. The van der Waals surface area contributed by atoms with Crippen LogP contribution in [0.2, 0.25) is 10.3 Å². The van der Waals surface area contributed by atoms with Gasteiger partial charge >= 0.3 is 0 Å². The van der Waals surface area contributed by atoms with Gasteiger partial charge in [0, 0.05) is 17.1 Å². The molecule has 0 radical (unpaired) electrons. The van der Waals surface area contributed by atoms with E-state index < -0.39 is 0 Å². The van der Waals surface area contributed by atoms with Gasteiger partial charge in [-0.05, 0) is 34.7 Å². The smallest absolute Gasteiger partial charge is 0.163 e. The molecule has 0 saturated carbocycles. The van der Waals surface area contributed by atoms with E-state index in [1.165, 1.54) is 0 Å². The van der Waals surface area contributed by atoms with Gasteiger partial charge in [-0.3, -0.25) is 4.98 Å². The average Bonchev–Trinajstić information content (AvgIpc) is 2.43. The van der Waals surface area contributed by atoms with Crippen molar-refractivity contribution in [2.24, 2.45) is 0 Å². The third kappa shape index (κ3) is 2.40. The molecule has 0 aliphatic heterocycles. The highest BCUT2D eigenvalue weighted by Crippen LogP contribution is 2.29. The molecule has 2 heterocycles. The molecule has 0 fully saturated rings. The average molecular weight is 402 g/mol. The summed E-state index contributed by atoms with van der Waals surface area (Å²) in [6.45, 7) is 0. The standard InChI is InChI=1S/C13H6Cl2IN3/c14-11-10(16)12(15)19-13(18-11)8-5-6-17-9-4-2-1-3-7(8)9/h1-6H. The number of aromatic nitrogens is 3. The summed E-state index contributed by atoms with van der Waals surface area (Å²) in [6.07, 6.45) is 1.72. The molecule has 3 rings (SSSR count). The molecule has 3 aromatic rings. The normalized spacial score (nSPS) is 10.9. The fourth-order valence-electron chi connectivity index (χ4n) is 1.81. The highest BCUT2D eigenvalue weighted by molar-refractivity contribution is 14.1. The van der Waals surface area contributed by atoms with Crippen molar-refractivity contribution in [3.05, 3.63) is 50.4 Å². The van der Waals surface area contributed by atoms with Crippen LogP contribution in [-0.4, -0.2) is 15.0 Å². The minimum Gasteiger partial charge on any atom is -0.256 e. The zero-order valence-corrected chi connectivity index (χ0v) is 13.1. The Hall–Kier alpha value is -0.980. The first-order valence-corrected chi connectivity index (χ1v) is 7.23. The summed E-state index contributed by atoms with van der Waals surface area (Å²) in [7, 11) is 0. The van der Waals surface area contributed by atoms with Crippen LogP contribution in [0.5, 0.6) is 0 Å². The molecular formula is C13H6Cl2IN3. The molecule has 0 spiro atoms. The van der Waals surface area contributed by atoms with E-state index in [1.54, 1.807) is 6.20 Å². The maximum Gasteiger partial charge on any atom is 0.163 e. The first-order valence-electron chi connectivity index (χ1n) is 5.39. The van der Waals surface area contributed by atoms with Crippen molar-refractivity contribution >= 4 is 56.7 Å². The lowest BCUT2D eigenvalue weighted by molar-refractivity contribution is 1.16. The van der Waals surface area contributed by atoms with Crippen LogP contribution in [0.4, 0.5) is 0 Å². The third-order valence-corrected chi connectivity index (χ3v) is 4.87. The first kappa shape index (κ1) is 13.0. The minimum atomic E-state index is 0.358. The lowest BCUT2D eigenvalue weighted by Gasteiger charge is -2.06. The molecule has 0 atom stereocenters. The highest BCUT2D eigenvalue weighted by atomic mass is 127. The number of hydrogen-bond donors (Lipinski definition) is 0. The second-order valence-corrected chi connectivity index (χ2v) is 5.61. The van der Waals surface area contributed by atoms with Gasteiger partial charge in [0.2, 0.25) is 0 Å². The number of hydrogen-bond acceptors (Lipinski definition) is 3. The zero-order chi connectivity index (χ0) is 13.4. The lowest BCUT2D eigenvalue weighted by atomic mass is 10.1. The first-order chi connectivity index (χ1) is 9.16. The maximum atomic E-state index is 6.06. The molecule has 6 heteroatoms. The molecule has 1 aromatic carbocycles. The molecule has 0 amide bonds. The molecule has 0 bridgehead atoms. The van der Waals surface area contributed by atoms with Gasteiger partial charge in [-0.1, -0.05) is 41.4 Å². The predicted molar refractivity (Wildman–Crippen MR) is 85.5 cm³/mol. The molecule has 0 N–H and O–H groups in total. The summed E-state index contributed by atoms with van der Waals surface area (Å²) in [5.74, 6) is 0.508. The van der Waals surface area contributed by atoms with Crippen molar-refractivity contribution in [3.63, 3.8) is 0 Å². The number of pyridine rings is 1. The fraction of sp³-hybridized carbons (Fsp3) is 0. The molecule has 19 heavy (non-hydrogen) atoms. The summed E-state index contributed by atoms with van der Waals surface area (Å²) in [5, 5.41) is 1.69. The van der Waals surface area contributed by atoms with Crippen LogP contribution in [0.15, 0.2) is 36.5 Å². The van der Waals surface area contributed by atoms with Gasteiger partial charge in [0.1, 0.15) is 10.3 Å². The summed E-state index contributed by atoms with van der Waals surface area (Å²) in [4.78, 5) is 12.9.